The highest BCUT2D eigenvalue weighted by Gasteiger charge is 2.33. The van der Waals surface area contributed by atoms with Crippen molar-refractivity contribution in [2.45, 2.75) is 91.4 Å². The van der Waals surface area contributed by atoms with Gasteiger partial charge in [-0.15, -0.1) is 0 Å². The highest BCUT2D eigenvalue weighted by Crippen LogP contribution is 2.46. The van der Waals surface area contributed by atoms with Crippen LogP contribution in [-0.2, 0) is 16.2 Å². The number of benzene rings is 4. The lowest BCUT2D eigenvalue weighted by Crippen LogP contribution is -2.24. The molecule has 1 unspecified atom stereocenters. The maximum atomic E-state index is 11.2. The molecule has 0 aliphatic carbocycles. The van der Waals surface area contributed by atoms with Gasteiger partial charge in [0.1, 0.15) is 17.2 Å². The Morgan fingerprint density at radius 1 is 0.558 bits per heavy atom. The second-order valence-electron chi connectivity index (χ2n) is 15.2. The Kier molecular flexibility index (Phi) is 8.55. The fourth-order valence-corrected chi connectivity index (χ4v) is 6.27. The Morgan fingerprint density at radius 3 is 1.53 bits per heavy atom. The molecule has 2 N–H and O–H groups in total. The van der Waals surface area contributed by atoms with Crippen LogP contribution in [0.1, 0.15) is 114 Å². The second-order valence-corrected chi connectivity index (χ2v) is 15.2. The maximum Gasteiger partial charge on any atom is 0.119 e. The molecule has 0 heterocycles. The van der Waals surface area contributed by atoms with Crippen LogP contribution in [0.5, 0.6) is 17.2 Å². The van der Waals surface area contributed by atoms with E-state index in [1.54, 1.807) is 7.11 Å². The summed E-state index contributed by atoms with van der Waals surface area (Å²) < 4.78 is 5.40. The summed E-state index contributed by atoms with van der Waals surface area (Å²) in [5.41, 5.74) is 6.90. The lowest BCUT2D eigenvalue weighted by molar-refractivity contribution is 0.346. The maximum absolute atomic E-state index is 11.2. The van der Waals surface area contributed by atoms with Gasteiger partial charge in [0.05, 0.1) is 7.11 Å². The van der Waals surface area contributed by atoms with E-state index in [1.165, 1.54) is 16.7 Å². The number of rotatable bonds is 7. The molecule has 0 radical (unpaired) electrons. The molecule has 0 saturated carbocycles. The summed E-state index contributed by atoms with van der Waals surface area (Å²) in [6.07, 6.45) is 0. The molecule has 43 heavy (non-hydrogen) atoms. The molecule has 228 valence electrons. The first kappa shape index (κ1) is 32.2. The number of aromatic hydroxyl groups is 2. The van der Waals surface area contributed by atoms with Crippen LogP contribution in [-0.4, -0.2) is 17.3 Å². The molecule has 3 nitrogen and oxygen atoms in total. The normalized spacial score (nSPS) is 13.6. The summed E-state index contributed by atoms with van der Waals surface area (Å²) >= 11 is 0. The highest BCUT2D eigenvalue weighted by molar-refractivity contribution is 5.52. The quantitative estimate of drug-likeness (QED) is 0.229. The van der Waals surface area contributed by atoms with Gasteiger partial charge in [0, 0.05) is 22.3 Å². The molecule has 0 saturated heterocycles. The summed E-state index contributed by atoms with van der Waals surface area (Å²) in [5.74, 6) is 1.46. The number of methoxy groups -OCH3 is 1. The van der Waals surface area contributed by atoms with Crippen molar-refractivity contribution in [3.63, 3.8) is 0 Å². The van der Waals surface area contributed by atoms with Crippen LogP contribution < -0.4 is 4.74 Å². The molecule has 1 atom stereocenters. The number of hydrogen-bond donors (Lipinski definition) is 2. The molecule has 0 amide bonds. The van der Waals surface area contributed by atoms with E-state index in [-0.39, 0.29) is 27.6 Å². The monoisotopic (exact) mass is 578 g/mol. The van der Waals surface area contributed by atoms with Crippen LogP contribution in [0.15, 0.2) is 84.9 Å². The van der Waals surface area contributed by atoms with Gasteiger partial charge in [0.25, 0.3) is 0 Å². The third-order valence-electron chi connectivity index (χ3n) is 9.21. The van der Waals surface area contributed by atoms with E-state index in [0.717, 1.165) is 28.0 Å². The fourth-order valence-electron chi connectivity index (χ4n) is 6.27. The highest BCUT2D eigenvalue weighted by atomic mass is 16.5. The molecule has 4 aromatic rings. The molecule has 4 aromatic carbocycles. The zero-order valence-electron chi connectivity index (χ0n) is 28.0. The van der Waals surface area contributed by atoms with Crippen molar-refractivity contribution in [3.8, 4) is 17.2 Å². The Hall–Kier alpha value is -3.72. The van der Waals surface area contributed by atoms with Crippen LogP contribution in [0.2, 0.25) is 0 Å². The van der Waals surface area contributed by atoms with Gasteiger partial charge in [-0.05, 0) is 68.5 Å². The van der Waals surface area contributed by atoms with Crippen LogP contribution in [0.3, 0.4) is 0 Å². The minimum Gasteiger partial charge on any atom is -0.508 e. The van der Waals surface area contributed by atoms with Gasteiger partial charge >= 0.3 is 0 Å². The Morgan fingerprint density at radius 2 is 1.05 bits per heavy atom. The van der Waals surface area contributed by atoms with E-state index >= 15 is 0 Å². The molecule has 0 spiro atoms. The predicted molar refractivity (Wildman–Crippen MR) is 180 cm³/mol. The molecule has 0 aliphatic heterocycles. The Labute approximate surface area is 259 Å². The average Bonchev–Trinajstić information content (AvgIpc) is 2.93. The molecule has 3 heteroatoms. The zero-order valence-corrected chi connectivity index (χ0v) is 28.0. The summed E-state index contributed by atoms with van der Waals surface area (Å²) in [6.45, 7) is 22.1. The summed E-state index contributed by atoms with van der Waals surface area (Å²) in [5, 5.41) is 21.8. The van der Waals surface area contributed by atoms with E-state index < -0.39 is 0 Å². The van der Waals surface area contributed by atoms with Crippen molar-refractivity contribution < 1.29 is 14.9 Å². The molecular formula is C40H50O3. The van der Waals surface area contributed by atoms with Crippen LogP contribution in [0.4, 0.5) is 0 Å². The zero-order chi connectivity index (χ0) is 32.0. The summed E-state index contributed by atoms with van der Waals surface area (Å²) in [4.78, 5) is 0. The molecule has 0 fully saturated rings. The fraction of sp³-hybridized carbons (Fsp3) is 0.400. The van der Waals surface area contributed by atoms with Gasteiger partial charge in [-0.2, -0.15) is 0 Å². The SMILES string of the molecule is COc1ccc(C(c2cc(C(C)(C)c3cccc(C(C)(C)c4ccc(O)c(C(C)(C)C)c4)c3)ccc2O)C(C)(C)C)cc1. The van der Waals surface area contributed by atoms with Gasteiger partial charge < -0.3 is 14.9 Å². The standard InChI is InChI=1S/C40H50O3/c1-37(2,3)33-25-30(18-22-35(33)42)40(9,10)28-14-12-13-27(23-28)39(7,8)29-17-21-34(41)32(24-29)36(38(4,5)6)26-15-19-31(43-11)20-16-26/h12-25,36,41-42H,1-11H3. The van der Waals surface area contributed by atoms with E-state index in [2.05, 4.69) is 124 Å². The van der Waals surface area contributed by atoms with Gasteiger partial charge in [-0.1, -0.05) is 130 Å². The predicted octanol–water partition coefficient (Wildman–Crippen LogP) is 10.2. The molecule has 0 bridgehead atoms. The largest absolute Gasteiger partial charge is 0.508 e. The summed E-state index contributed by atoms with van der Waals surface area (Å²) in [7, 11) is 1.68. The molecular weight excluding hydrogens is 528 g/mol. The Balaban J connectivity index is 1.78. The second kappa shape index (κ2) is 11.4. The van der Waals surface area contributed by atoms with E-state index in [1.807, 2.05) is 30.3 Å². The van der Waals surface area contributed by atoms with E-state index in [4.69, 9.17) is 4.74 Å². The topological polar surface area (TPSA) is 49.7 Å². The van der Waals surface area contributed by atoms with Crippen molar-refractivity contribution in [1.82, 2.24) is 0 Å². The average molecular weight is 579 g/mol. The lowest BCUT2D eigenvalue weighted by atomic mass is 9.69. The first-order valence-electron chi connectivity index (χ1n) is 15.3. The minimum absolute atomic E-state index is 0.00840. The van der Waals surface area contributed by atoms with Crippen LogP contribution >= 0.6 is 0 Å². The van der Waals surface area contributed by atoms with Crippen LogP contribution in [0.25, 0.3) is 0 Å². The number of ether oxygens (including phenoxy) is 1. The number of hydrogen-bond acceptors (Lipinski definition) is 3. The first-order chi connectivity index (χ1) is 19.9. The third kappa shape index (κ3) is 6.47. The number of phenolic OH excluding ortho intramolecular Hbond substituents is 2. The third-order valence-corrected chi connectivity index (χ3v) is 9.21. The van der Waals surface area contributed by atoms with Crippen molar-refractivity contribution in [2.24, 2.45) is 5.41 Å². The van der Waals surface area contributed by atoms with E-state index in [9.17, 15) is 10.2 Å². The number of phenols is 2. The van der Waals surface area contributed by atoms with Crippen molar-refractivity contribution >= 4 is 0 Å². The molecule has 0 aromatic heterocycles. The van der Waals surface area contributed by atoms with Gasteiger partial charge in [-0.3, -0.25) is 0 Å². The molecule has 4 rings (SSSR count). The smallest absolute Gasteiger partial charge is 0.119 e. The molecule has 0 aliphatic rings. The van der Waals surface area contributed by atoms with Gasteiger partial charge in [0.2, 0.25) is 0 Å². The first-order valence-corrected chi connectivity index (χ1v) is 15.3. The van der Waals surface area contributed by atoms with Crippen molar-refractivity contribution in [3.05, 3.63) is 124 Å². The lowest BCUT2D eigenvalue weighted by Gasteiger charge is -2.35. The van der Waals surface area contributed by atoms with Gasteiger partial charge in [-0.25, -0.2) is 0 Å². The van der Waals surface area contributed by atoms with E-state index in [0.29, 0.717) is 11.5 Å². The minimum atomic E-state index is -0.317. The van der Waals surface area contributed by atoms with Crippen molar-refractivity contribution in [2.75, 3.05) is 7.11 Å². The Bertz CT molecular complexity index is 1580. The summed E-state index contributed by atoms with van der Waals surface area (Å²) in [6, 6.07) is 29.2. The van der Waals surface area contributed by atoms with Gasteiger partial charge in [0.15, 0.2) is 0 Å². The van der Waals surface area contributed by atoms with Crippen LogP contribution in [0, 0.1) is 5.41 Å². The van der Waals surface area contributed by atoms with Crippen molar-refractivity contribution in [1.29, 1.82) is 0 Å².